The number of nitrogens with one attached hydrogen (secondary N) is 2. The molecule has 4 N–H and O–H groups in total. The van der Waals surface area contributed by atoms with Crippen LogP contribution in [-0.4, -0.2) is 92.5 Å². The summed E-state index contributed by atoms with van der Waals surface area (Å²) in [4.78, 5) is 19.5. The number of carbonyl (C=O) groups excluding carboxylic acids is 1. The van der Waals surface area contributed by atoms with E-state index in [0.717, 1.165) is 64.3 Å². The van der Waals surface area contributed by atoms with Gasteiger partial charge in [0.1, 0.15) is 6.61 Å². The van der Waals surface area contributed by atoms with Crippen LogP contribution in [0.5, 0.6) is 0 Å². The summed E-state index contributed by atoms with van der Waals surface area (Å²) in [6, 6.07) is 9.78. The van der Waals surface area contributed by atoms with Gasteiger partial charge in [0.2, 0.25) is 0 Å². The first-order valence-corrected chi connectivity index (χ1v) is 15.3. The lowest BCUT2D eigenvalue weighted by atomic mass is 10.1. The molecule has 2 fully saturated rings. The number of nitrogens with zero attached hydrogens (tertiary/aromatic N) is 3. The molecule has 2 bridgehead atoms. The van der Waals surface area contributed by atoms with E-state index in [9.17, 15) is 4.79 Å². The molecule has 3 rings (SSSR count). The monoisotopic (exact) mass is 610 g/mol. The van der Waals surface area contributed by atoms with Gasteiger partial charge in [0.05, 0.1) is 12.8 Å². The molecule has 8 nitrogen and oxygen atoms in total. The van der Waals surface area contributed by atoms with E-state index in [0.29, 0.717) is 13.2 Å². The van der Waals surface area contributed by atoms with E-state index in [1.165, 1.54) is 70.9 Å². The zero-order valence-electron chi connectivity index (χ0n) is 24.2. The number of alkyl carbamates (subject to hydrolysis) is 1. The molecular formula is C30H55BrN6O2. The van der Waals surface area contributed by atoms with Crippen molar-refractivity contribution in [3.05, 3.63) is 35.9 Å². The van der Waals surface area contributed by atoms with Crippen molar-refractivity contribution in [3.63, 3.8) is 0 Å². The summed E-state index contributed by atoms with van der Waals surface area (Å²) in [6.07, 6.45) is 13.4. The van der Waals surface area contributed by atoms with Gasteiger partial charge in [0.15, 0.2) is 0 Å². The number of hydrogen-bond acceptors (Lipinski definition) is 7. The van der Waals surface area contributed by atoms with Crippen LogP contribution in [0.3, 0.4) is 0 Å². The summed E-state index contributed by atoms with van der Waals surface area (Å²) in [5, 5.41) is 6.48. The molecule has 2 aliphatic rings. The Labute approximate surface area is 248 Å². The van der Waals surface area contributed by atoms with Crippen molar-refractivity contribution in [3.8, 4) is 0 Å². The van der Waals surface area contributed by atoms with Gasteiger partial charge < -0.3 is 21.1 Å². The largest absolute Gasteiger partial charge is 0.445 e. The van der Waals surface area contributed by atoms with E-state index in [1.807, 2.05) is 30.3 Å². The minimum Gasteiger partial charge on any atom is -0.445 e. The Balaban J connectivity index is 0.00000533. The molecule has 2 heterocycles. The van der Waals surface area contributed by atoms with Gasteiger partial charge in [-0.15, -0.1) is 17.0 Å². The van der Waals surface area contributed by atoms with Crippen LogP contribution in [-0.2, 0) is 11.3 Å². The summed E-state index contributed by atoms with van der Waals surface area (Å²) < 4.78 is 5.25. The second-order valence-corrected chi connectivity index (χ2v) is 11.1. The molecule has 39 heavy (non-hydrogen) atoms. The number of unbranched alkanes of at least 4 members (excludes halogenated alkanes) is 7. The van der Waals surface area contributed by atoms with Gasteiger partial charge in [-0.05, 0) is 57.3 Å². The SMILES string of the molecule is Br.NC1CN2CCCN(CCNCCCCN1CCCCCCCCCCNC(=O)OCc1ccccc1)C2. The summed E-state index contributed by atoms with van der Waals surface area (Å²) in [5.74, 6) is 0. The summed E-state index contributed by atoms with van der Waals surface area (Å²) in [6.45, 7) is 11.1. The Hall–Kier alpha value is -1.23. The molecule has 1 amide bonds. The highest BCUT2D eigenvalue weighted by molar-refractivity contribution is 8.93. The average molecular weight is 612 g/mol. The van der Waals surface area contributed by atoms with Crippen LogP contribution in [0.2, 0.25) is 0 Å². The first-order chi connectivity index (χ1) is 18.7. The van der Waals surface area contributed by atoms with Crippen LogP contribution in [0.25, 0.3) is 0 Å². The van der Waals surface area contributed by atoms with Gasteiger partial charge in [-0.1, -0.05) is 68.9 Å². The Morgan fingerprint density at radius 1 is 0.872 bits per heavy atom. The lowest BCUT2D eigenvalue weighted by Crippen LogP contribution is -2.54. The number of ether oxygens (including phenoxy) is 1. The minimum atomic E-state index is -0.323. The number of carbonyl (C=O) groups is 1. The van der Waals surface area contributed by atoms with E-state index >= 15 is 0 Å². The molecule has 224 valence electrons. The summed E-state index contributed by atoms with van der Waals surface area (Å²) in [7, 11) is 0. The highest BCUT2D eigenvalue weighted by Crippen LogP contribution is 2.12. The molecular weight excluding hydrogens is 556 g/mol. The van der Waals surface area contributed by atoms with Crippen molar-refractivity contribution >= 4 is 23.1 Å². The molecule has 9 heteroatoms. The molecule has 1 aromatic carbocycles. The van der Waals surface area contributed by atoms with Crippen molar-refractivity contribution in [2.75, 3.05) is 65.6 Å². The van der Waals surface area contributed by atoms with Crippen molar-refractivity contribution in [2.24, 2.45) is 5.73 Å². The fourth-order valence-corrected chi connectivity index (χ4v) is 5.49. The Morgan fingerprint density at radius 2 is 1.59 bits per heavy atom. The van der Waals surface area contributed by atoms with Crippen LogP contribution in [0.15, 0.2) is 30.3 Å². The maximum absolute atomic E-state index is 11.8. The molecule has 0 radical (unpaired) electrons. The number of nitrogens with two attached hydrogens (primary N) is 1. The smallest absolute Gasteiger partial charge is 0.407 e. The van der Waals surface area contributed by atoms with Gasteiger partial charge in [-0.3, -0.25) is 14.7 Å². The van der Waals surface area contributed by atoms with Crippen molar-refractivity contribution in [1.82, 2.24) is 25.3 Å². The Morgan fingerprint density at radius 3 is 2.38 bits per heavy atom. The number of amides is 1. The summed E-state index contributed by atoms with van der Waals surface area (Å²) >= 11 is 0. The number of rotatable bonds is 13. The van der Waals surface area contributed by atoms with E-state index in [-0.39, 0.29) is 29.2 Å². The van der Waals surface area contributed by atoms with Crippen LogP contribution in [0.4, 0.5) is 4.79 Å². The highest BCUT2D eigenvalue weighted by atomic mass is 79.9. The fourth-order valence-electron chi connectivity index (χ4n) is 5.49. The predicted octanol–water partition coefficient (Wildman–Crippen LogP) is 4.55. The molecule has 0 spiro atoms. The van der Waals surface area contributed by atoms with E-state index in [4.69, 9.17) is 10.5 Å². The van der Waals surface area contributed by atoms with Crippen molar-refractivity contribution in [1.29, 1.82) is 0 Å². The molecule has 0 aliphatic carbocycles. The maximum Gasteiger partial charge on any atom is 0.407 e. The normalized spacial score (nSPS) is 22.9. The second-order valence-electron chi connectivity index (χ2n) is 11.1. The van der Waals surface area contributed by atoms with E-state index in [1.54, 1.807) is 0 Å². The number of fused-ring (bicyclic) bond motifs is 2. The quantitative estimate of drug-likeness (QED) is 0.283. The standard InChI is InChI=1S/C30H54N6O2.BrH/c31-29-25-35-21-14-20-34(27-35)24-19-32-17-11-13-23-36(29)22-12-6-4-2-1-3-5-10-18-33-30(37)38-26-28-15-8-7-9-16-28;/h7-9,15-16,29,32H,1-6,10-14,17-27,31H2,(H,33,37);1H. The molecule has 3 unspecified atom stereocenters. The van der Waals surface area contributed by atoms with Gasteiger partial charge >= 0.3 is 6.09 Å². The van der Waals surface area contributed by atoms with Crippen LogP contribution in [0.1, 0.15) is 76.2 Å². The third-order valence-corrected chi connectivity index (χ3v) is 7.77. The van der Waals surface area contributed by atoms with Crippen molar-refractivity contribution in [2.45, 2.75) is 83.4 Å². The molecule has 0 saturated carbocycles. The van der Waals surface area contributed by atoms with Gasteiger partial charge in [0, 0.05) is 39.3 Å². The molecule has 2 saturated heterocycles. The number of hydrogen-bond donors (Lipinski definition) is 3. The molecule has 0 aromatic heterocycles. The average Bonchev–Trinajstić information content (AvgIpc) is 2.94. The molecule has 1 aromatic rings. The summed E-state index contributed by atoms with van der Waals surface area (Å²) in [5.41, 5.74) is 7.74. The fraction of sp³-hybridized carbons (Fsp3) is 0.767. The number of benzene rings is 1. The first-order valence-electron chi connectivity index (χ1n) is 15.3. The highest BCUT2D eigenvalue weighted by Gasteiger charge is 2.22. The third kappa shape index (κ3) is 15.4. The van der Waals surface area contributed by atoms with E-state index < -0.39 is 0 Å². The van der Waals surface area contributed by atoms with Gasteiger partial charge in [-0.25, -0.2) is 4.79 Å². The molecule has 2 aliphatic heterocycles. The zero-order valence-corrected chi connectivity index (χ0v) is 25.9. The molecule has 3 atom stereocenters. The van der Waals surface area contributed by atoms with Crippen LogP contribution in [0, 0.1) is 0 Å². The van der Waals surface area contributed by atoms with Gasteiger partial charge in [0.25, 0.3) is 0 Å². The minimum absolute atomic E-state index is 0. The van der Waals surface area contributed by atoms with Gasteiger partial charge in [-0.2, -0.15) is 0 Å². The van der Waals surface area contributed by atoms with Crippen LogP contribution < -0.4 is 16.4 Å². The first kappa shape index (κ1) is 34.0. The maximum atomic E-state index is 11.8. The Bertz CT molecular complexity index is 743. The third-order valence-electron chi connectivity index (χ3n) is 7.77. The lowest BCUT2D eigenvalue weighted by molar-refractivity contribution is 0.0570. The lowest BCUT2D eigenvalue weighted by Gasteiger charge is -2.39. The van der Waals surface area contributed by atoms with E-state index in [2.05, 4.69) is 25.3 Å². The second kappa shape index (κ2) is 21.5. The van der Waals surface area contributed by atoms with Crippen molar-refractivity contribution < 1.29 is 9.53 Å². The topological polar surface area (TPSA) is 86.1 Å². The number of halogens is 1. The van der Waals surface area contributed by atoms with Crippen LogP contribution >= 0.6 is 17.0 Å². The Kier molecular flexibility index (Phi) is 18.7. The zero-order chi connectivity index (χ0) is 26.7. The predicted molar refractivity (Wildman–Crippen MR) is 166 cm³/mol.